The third-order valence-electron chi connectivity index (χ3n) is 6.04. The fourth-order valence-electron chi connectivity index (χ4n) is 3.78. The van der Waals surface area contributed by atoms with E-state index in [4.69, 9.17) is 37.7 Å². The molecule has 0 fully saturated rings. The van der Waals surface area contributed by atoms with Crippen LogP contribution in [0.1, 0.15) is 50.1 Å². The van der Waals surface area contributed by atoms with Crippen LogP contribution in [-0.4, -0.2) is 22.5 Å². The van der Waals surface area contributed by atoms with Crippen LogP contribution in [0.15, 0.2) is 65.8 Å². The first-order chi connectivity index (χ1) is 18.6. The topological polar surface area (TPSA) is 65.7 Å². The molecule has 4 rings (SSSR count). The highest BCUT2D eigenvalue weighted by Gasteiger charge is 2.19. The van der Waals surface area contributed by atoms with Crippen molar-refractivity contribution in [3.05, 3.63) is 93.2 Å². The van der Waals surface area contributed by atoms with Crippen LogP contribution in [0.5, 0.6) is 11.5 Å². The van der Waals surface area contributed by atoms with Gasteiger partial charge in [0.05, 0.1) is 28.2 Å². The fraction of sp³-hybridized carbons (Fsp3) is 0.250. The van der Waals surface area contributed by atoms with E-state index in [9.17, 15) is 4.79 Å². The standard InChI is InChI=1S/C28H24Br3Cl2N3O3/c1-4-15(3)27-35-22-9-7-18(29)11-20(22)28(37)36(27)34-13-17-10-23(38-5-2)26(25(31)24(17)30)39-14-16-6-8-19(32)12-21(16)33/h6-13,15H,4-5,14H2,1-3H3/t15-/m0/s1. The summed E-state index contributed by atoms with van der Waals surface area (Å²) < 4.78 is 15.5. The van der Waals surface area contributed by atoms with Crippen molar-refractivity contribution in [2.45, 2.75) is 39.7 Å². The molecule has 3 aromatic carbocycles. The van der Waals surface area contributed by atoms with Crippen molar-refractivity contribution in [2.24, 2.45) is 5.10 Å². The highest BCUT2D eigenvalue weighted by Crippen LogP contribution is 2.43. The van der Waals surface area contributed by atoms with E-state index in [1.807, 2.05) is 32.0 Å². The average Bonchev–Trinajstić information content (AvgIpc) is 2.91. The normalized spacial score (nSPS) is 12.3. The van der Waals surface area contributed by atoms with E-state index in [-0.39, 0.29) is 18.1 Å². The Balaban J connectivity index is 1.76. The molecule has 0 N–H and O–H groups in total. The van der Waals surface area contributed by atoms with Crippen molar-refractivity contribution < 1.29 is 9.47 Å². The Morgan fingerprint density at radius 1 is 1.05 bits per heavy atom. The van der Waals surface area contributed by atoms with E-state index in [1.165, 1.54) is 4.68 Å². The number of halogens is 5. The molecular weight excluding hydrogens is 737 g/mol. The summed E-state index contributed by atoms with van der Waals surface area (Å²) in [4.78, 5) is 18.3. The molecule has 1 aromatic heterocycles. The van der Waals surface area contributed by atoms with Crippen molar-refractivity contribution in [2.75, 3.05) is 6.61 Å². The average molecular weight is 761 g/mol. The minimum Gasteiger partial charge on any atom is -0.490 e. The minimum atomic E-state index is -0.243. The van der Waals surface area contributed by atoms with Gasteiger partial charge in [-0.25, -0.2) is 4.98 Å². The summed E-state index contributed by atoms with van der Waals surface area (Å²) in [6.45, 7) is 6.59. The molecule has 0 saturated carbocycles. The second-order valence-electron chi connectivity index (χ2n) is 8.68. The molecule has 0 aliphatic rings. The third-order valence-corrected chi connectivity index (χ3v) is 9.26. The van der Waals surface area contributed by atoms with E-state index in [0.717, 1.165) is 16.5 Å². The Kier molecular flexibility index (Phi) is 10.1. The lowest BCUT2D eigenvalue weighted by Gasteiger charge is -2.17. The van der Waals surface area contributed by atoms with E-state index in [0.29, 0.717) is 59.4 Å². The first-order valence-corrected chi connectivity index (χ1v) is 15.3. The Hall–Kier alpha value is -1.91. The van der Waals surface area contributed by atoms with E-state index < -0.39 is 0 Å². The summed E-state index contributed by atoms with van der Waals surface area (Å²) in [6, 6.07) is 12.5. The van der Waals surface area contributed by atoms with Crippen LogP contribution in [0.4, 0.5) is 0 Å². The SMILES string of the molecule is CCOc1cc(C=Nn2c([C@@H](C)CC)nc3ccc(Br)cc3c2=O)c(Br)c(Br)c1OCc1ccc(Cl)cc1Cl. The maximum Gasteiger partial charge on any atom is 0.282 e. The highest BCUT2D eigenvalue weighted by molar-refractivity contribution is 9.13. The molecule has 0 amide bonds. The second kappa shape index (κ2) is 13.2. The van der Waals surface area contributed by atoms with Gasteiger partial charge in [-0.1, -0.05) is 59.0 Å². The molecule has 1 heterocycles. The van der Waals surface area contributed by atoms with Gasteiger partial charge in [-0.05, 0) is 81.6 Å². The number of rotatable bonds is 9. The van der Waals surface area contributed by atoms with Gasteiger partial charge in [-0.2, -0.15) is 9.78 Å². The summed E-state index contributed by atoms with van der Waals surface area (Å²) in [5, 5.41) is 6.14. The van der Waals surface area contributed by atoms with Crippen LogP contribution >= 0.6 is 71.0 Å². The maximum absolute atomic E-state index is 13.5. The van der Waals surface area contributed by atoms with Gasteiger partial charge >= 0.3 is 0 Å². The Labute approximate surface area is 261 Å². The molecule has 204 valence electrons. The fourth-order valence-corrected chi connectivity index (χ4v) is 5.54. The van der Waals surface area contributed by atoms with Gasteiger partial charge in [0.25, 0.3) is 5.56 Å². The summed E-state index contributed by atoms with van der Waals surface area (Å²) in [5.74, 6) is 1.62. The highest BCUT2D eigenvalue weighted by atomic mass is 79.9. The van der Waals surface area contributed by atoms with Crippen molar-refractivity contribution >= 4 is 88.1 Å². The molecule has 0 aliphatic heterocycles. The zero-order valence-corrected chi connectivity index (χ0v) is 27.5. The predicted octanol–water partition coefficient (Wildman–Crippen LogP) is 9.36. The molecule has 1 atom stereocenters. The number of benzene rings is 3. The van der Waals surface area contributed by atoms with Crippen LogP contribution in [0.25, 0.3) is 10.9 Å². The quantitative estimate of drug-likeness (QED) is 0.160. The Morgan fingerprint density at radius 2 is 1.82 bits per heavy atom. The molecule has 0 aliphatic carbocycles. The zero-order chi connectivity index (χ0) is 28.3. The molecule has 4 aromatic rings. The van der Waals surface area contributed by atoms with Crippen molar-refractivity contribution in [1.29, 1.82) is 0 Å². The van der Waals surface area contributed by atoms with Gasteiger partial charge in [0.15, 0.2) is 11.5 Å². The maximum atomic E-state index is 13.5. The van der Waals surface area contributed by atoms with Crippen molar-refractivity contribution in [3.63, 3.8) is 0 Å². The number of hydrogen-bond acceptors (Lipinski definition) is 5. The molecule has 0 saturated heterocycles. The number of aromatic nitrogens is 2. The predicted molar refractivity (Wildman–Crippen MR) is 169 cm³/mol. The summed E-state index contributed by atoms with van der Waals surface area (Å²) >= 11 is 23.1. The molecule has 0 unspecified atom stereocenters. The van der Waals surface area contributed by atoms with Gasteiger partial charge in [-0.3, -0.25) is 4.79 Å². The molecule has 39 heavy (non-hydrogen) atoms. The smallest absolute Gasteiger partial charge is 0.282 e. The second-order valence-corrected chi connectivity index (χ2v) is 12.0. The molecule has 6 nitrogen and oxygen atoms in total. The summed E-state index contributed by atoms with van der Waals surface area (Å²) in [5.41, 5.74) is 1.85. The van der Waals surface area contributed by atoms with E-state index >= 15 is 0 Å². The molecule has 0 spiro atoms. The number of fused-ring (bicyclic) bond motifs is 1. The number of hydrogen-bond donors (Lipinski definition) is 0. The first-order valence-electron chi connectivity index (χ1n) is 12.1. The number of ether oxygens (including phenoxy) is 2. The summed E-state index contributed by atoms with van der Waals surface area (Å²) in [7, 11) is 0. The van der Waals surface area contributed by atoms with Crippen LogP contribution in [0.3, 0.4) is 0 Å². The lowest BCUT2D eigenvalue weighted by molar-refractivity contribution is 0.267. The monoisotopic (exact) mass is 757 g/mol. The van der Waals surface area contributed by atoms with Crippen LogP contribution in [0, 0.1) is 0 Å². The van der Waals surface area contributed by atoms with Crippen LogP contribution < -0.4 is 15.0 Å². The molecular formula is C28H24Br3Cl2N3O3. The zero-order valence-electron chi connectivity index (χ0n) is 21.3. The third kappa shape index (κ3) is 6.70. The Morgan fingerprint density at radius 3 is 2.51 bits per heavy atom. The molecule has 0 radical (unpaired) electrons. The van der Waals surface area contributed by atoms with Gasteiger partial charge in [0.2, 0.25) is 0 Å². The molecule has 0 bridgehead atoms. The van der Waals surface area contributed by atoms with Crippen molar-refractivity contribution in [3.8, 4) is 11.5 Å². The largest absolute Gasteiger partial charge is 0.490 e. The molecule has 11 heteroatoms. The van der Waals surface area contributed by atoms with E-state index in [1.54, 1.807) is 30.5 Å². The van der Waals surface area contributed by atoms with Gasteiger partial charge in [-0.15, -0.1) is 0 Å². The number of nitrogens with zero attached hydrogens (tertiary/aromatic N) is 3. The Bertz CT molecular complexity index is 1630. The lowest BCUT2D eigenvalue weighted by Crippen LogP contribution is -2.23. The lowest BCUT2D eigenvalue weighted by atomic mass is 10.1. The van der Waals surface area contributed by atoms with Gasteiger partial charge in [0, 0.05) is 36.0 Å². The van der Waals surface area contributed by atoms with Crippen molar-refractivity contribution in [1.82, 2.24) is 9.66 Å². The first kappa shape index (κ1) is 30.1. The van der Waals surface area contributed by atoms with Gasteiger partial charge in [0.1, 0.15) is 12.4 Å². The van der Waals surface area contributed by atoms with Gasteiger partial charge < -0.3 is 9.47 Å². The van der Waals surface area contributed by atoms with Crippen LogP contribution in [-0.2, 0) is 6.61 Å². The minimum absolute atomic E-state index is 0.0209. The van der Waals surface area contributed by atoms with E-state index in [2.05, 4.69) is 59.8 Å². The van der Waals surface area contributed by atoms with Crippen LogP contribution in [0.2, 0.25) is 10.0 Å². The summed E-state index contributed by atoms with van der Waals surface area (Å²) in [6.07, 6.45) is 2.41.